The van der Waals surface area contributed by atoms with Gasteiger partial charge in [0.25, 0.3) is 0 Å². The minimum atomic E-state index is -0.715. The highest BCUT2D eigenvalue weighted by Crippen LogP contribution is 2.20. The predicted octanol–water partition coefficient (Wildman–Crippen LogP) is 2.64. The molecule has 0 bridgehead atoms. The lowest BCUT2D eigenvalue weighted by molar-refractivity contribution is -0.666. The van der Waals surface area contributed by atoms with Crippen LogP contribution in [-0.2, 0) is 13.1 Å². The van der Waals surface area contributed by atoms with Crippen molar-refractivity contribution in [2.24, 2.45) is 0 Å². The molecular weight excluding hydrogens is 278 g/mol. The molecule has 0 spiro atoms. The Hall–Kier alpha value is -2.27. The molecule has 0 saturated carbocycles. The Balaban J connectivity index is 1.99. The number of aliphatic hydroxyl groups is 1. The first-order valence-corrected chi connectivity index (χ1v) is 7.70. The Kier molecular flexibility index (Phi) is 4.15. The van der Waals surface area contributed by atoms with E-state index in [0.29, 0.717) is 18.3 Å². The number of nitrogen functional groups attached to an aromatic ring is 1. The molecule has 0 aliphatic rings. The lowest BCUT2D eigenvalue weighted by atomic mass is 10.2. The number of anilines is 1. The first-order chi connectivity index (χ1) is 10.7. The average molecular weight is 300 g/mol. The number of rotatable bonds is 6. The zero-order valence-corrected chi connectivity index (χ0v) is 12.8. The maximum Gasteiger partial charge on any atom is 0.356 e. The molecular formula is C17H22N3O2+. The van der Waals surface area contributed by atoms with Crippen molar-refractivity contribution in [3.05, 3.63) is 48.4 Å². The quantitative estimate of drug-likeness (QED) is 0.688. The highest BCUT2D eigenvalue weighted by Gasteiger charge is 2.23. The Morgan fingerprint density at radius 3 is 2.82 bits per heavy atom. The molecule has 2 aromatic heterocycles. The van der Waals surface area contributed by atoms with Crippen molar-refractivity contribution in [3.8, 4) is 0 Å². The standard InChI is InChI=1S/C17H21N3O2/c1-2-3-10-19-13-7-4-5-8-14(13)20(17(19)18)12-15(21)16-9-6-11-22-16/h4-9,11,15,18,21H,2-3,10,12H2,1H3/p+1/t15-/m0/s1. The van der Waals surface area contributed by atoms with Crippen LogP contribution in [0.2, 0.25) is 0 Å². The molecule has 1 atom stereocenters. The summed E-state index contributed by atoms with van der Waals surface area (Å²) in [4.78, 5) is 0. The highest BCUT2D eigenvalue weighted by atomic mass is 16.4. The van der Waals surface area contributed by atoms with Crippen molar-refractivity contribution in [2.75, 3.05) is 5.73 Å². The average Bonchev–Trinajstić information content (AvgIpc) is 3.14. The topological polar surface area (TPSA) is 68.2 Å². The maximum absolute atomic E-state index is 10.4. The smallest absolute Gasteiger partial charge is 0.356 e. The van der Waals surface area contributed by atoms with Crippen LogP contribution < -0.4 is 10.3 Å². The van der Waals surface area contributed by atoms with Gasteiger partial charge in [0.15, 0.2) is 0 Å². The van der Waals surface area contributed by atoms with Gasteiger partial charge in [-0.2, -0.15) is 0 Å². The summed E-state index contributed by atoms with van der Waals surface area (Å²) in [5, 5.41) is 10.4. The maximum atomic E-state index is 10.4. The number of hydrogen-bond donors (Lipinski definition) is 2. The van der Waals surface area contributed by atoms with Gasteiger partial charge < -0.3 is 9.52 Å². The van der Waals surface area contributed by atoms with Crippen LogP contribution in [0.15, 0.2) is 47.1 Å². The molecule has 0 unspecified atom stereocenters. The fourth-order valence-electron chi connectivity index (χ4n) is 2.80. The van der Waals surface area contributed by atoms with Crippen LogP contribution in [-0.4, -0.2) is 9.67 Å². The Morgan fingerprint density at radius 2 is 2.09 bits per heavy atom. The van der Waals surface area contributed by atoms with Gasteiger partial charge in [-0.15, -0.1) is 0 Å². The Morgan fingerprint density at radius 1 is 1.27 bits per heavy atom. The molecule has 0 aliphatic heterocycles. The van der Waals surface area contributed by atoms with Gasteiger partial charge >= 0.3 is 5.95 Å². The minimum Gasteiger partial charge on any atom is -0.466 e. The number of hydrogen-bond acceptors (Lipinski definition) is 3. The van der Waals surface area contributed by atoms with Gasteiger partial charge in [-0.3, -0.25) is 5.73 Å². The lowest BCUT2D eigenvalue weighted by Gasteiger charge is -2.07. The second kappa shape index (κ2) is 6.23. The predicted molar refractivity (Wildman–Crippen MR) is 85.1 cm³/mol. The number of imidazole rings is 1. The number of aliphatic hydroxyl groups excluding tert-OH is 1. The van der Waals surface area contributed by atoms with Gasteiger partial charge in [0.05, 0.1) is 12.8 Å². The number of para-hydroxylation sites is 2. The van der Waals surface area contributed by atoms with E-state index in [1.54, 1.807) is 18.4 Å². The number of nitrogens with two attached hydrogens (primary N) is 1. The van der Waals surface area contributed by atoms with Crippen molar-refractivity contribution in [1.82, 2.24) is 4.57 Å². The number of unbranched alkanes of at least 4 members (excludes halogenated alkanes) is 1. The van der Waals surface area contributed by atoms with E-state index in [0.717, 1.165) is 30.4 Å². The van der Waals surface area contributed by atoms with Crippen molar-refractivity contribution < 1.29 is 14.1 Å². The van der Waals surface area contributed by atoms with E-state index >= 15 is 0 Å². The summed E-state index contributed by atoms with van der Waals surface area (Å²) in [5.74, 6) is 1.22. The third-order valence-corrected chi connectivity index (χ3v) is 3.98. The number of aromatic nitrogens is 2. The van der Waals surface area contributed by atoms with E-state index in [9.17, 15) is 5.11 Å². The molecule has 0 amide bonds. The minimum absolute atomic E-state index is 0.374. The molecule has 0 saturated heterocycles. The number of fused-ring (bicyclic) bond motifs is 1. The second-order valence-electron chi connectivity index (χ2n) is 5.49. The molecule has 3 rings (SSSR count). The van der Waals surface area contributed by atoms with Crippen LogP contribution in [0.3, 0.4) is 0 Å². The third kappa shape index (κ3) is 2.60. The van der Waals surface area contributed by atoms with Gasteiger partial charge in [0, 0.05) is 0 Å². The van der Waals surface area contributed by atoms with Crippen molar-refractivity contribution >= 4 is 17.0 Å². The van der Waals surface area contributed by atoms with Crippen LogP contribution in [0, 0.1) is 0 Å². The van der Waals surface area contributed by atoms with Crippen molar-refractivity contribution in [2.45, 2.75) is 39.0 Å². The highest BCUT2D eigenvalue weighted by molar-refractivity contribution is 5.73. The van der Waals surface area contributed by atoms with Crippen LogP contribution in [0.4, 0.5) is 5.95 Å². The molecule has 0 aliphatic carbocycles. The summed E-state index contributed by atoms with van der Waals surface area (Å²) in [5.41, 5.74) is 8.47. The van der Waals surface area contributed by atoms with Crippen LogP contribution in [0.25, 0.3) is 11.0 Å². The van der Waals surface area contributed by atoms with E-state index < -0.39 is 6.10 Å². The molecule has 3 aromatic rings. The van der Waals surface area contributed by atoms with Crippen molar-refractivity contribution in [3.63, 3.8) is 0 Å². The number of benzene rings is 1. The van der Waals surface area contributed by atoms with E-state index in [-0.39, 0.29) is 0 Å². The van der Waals surface area contributed by atoms with E-state index in [1.165, 1.54) is 0 Å². The SMILES string of the molecule is CCCCn1c(N)[n+](C[C@H](O)c2ccco2)c2ccccc21. The fourth-order valence-corrected chi connectivity index (χ4v) is 2.80. The van der Waals surface area contributed by atoms with Gasteiger partial charge in [-0.05, 0) is 30.7 Å². The summed E-state index contributed by atoms with van der Waals surface area (Å²) in [6, 6.07) is 11.6. The first kappa shape index (κ1) is 14.7. The van der Waals surface area contributed by atoms with E-state index in [4.69, 9.17) is 10.2 Å². The molecule has 0 fully saturated rings. The normalized spacial score (nSPS) is 12.8. The number of nitrogens with zero attached hydrogens (tertiary/aromatic N) is 2. The molecule has 116 valence electrons. The Labute approximate surface area is 129 Å². The number of furan rings is 1. The van der Waals surface area contributed by atoms with Gasteiger partial charge in [0.1, 0.15) is 29.4 Å². The van der Waals surface area contributed by atoms with Crippen LogP contribution in [0.1, 0.15) is 31.6 Å². The summed E-state index contributed by atoms with van der Waals surface area (Å²) in [6.07, 6.45) is 3.04. The monoisotopic (exact) mass is 300 g/mol. The molecule has 0 radical (unpaired) electrons. The zero-order valence-electron chi connectivity index (χ0n) is 12.8. The zero-order chi connectivity index (χ0) is 15.5. The summed E-state index contributed by atoms with van der Waals surface area (Å²) in [6.45, 7) is 3.42. The van der Waals surface area contributed by atoms with Gasteiger partial charge in [0.2, 0.25) is 0 Å². The molecule has 5 nitrogen and oxygen atoms in total. The van der Waals surface area contributed by atoms with Crippen molar-refractivity contribution in [1.29, 1.82) is 0 Å². The molecule has 5 heteroatoms. The first-order valence-electron chi connectivity index (χ1n) is 7.70. The lowest BCUT2D eigenvalue weighted by Crippen LogP contribution is -2.39. The summed E-state index contributed by atoms with van der Waals surface area (Å²) >= 11 is 0. The Bertz CT molecular complexity index is 747. The van der Waals surface area contributed by atoms with Crippen LogP contribution >= 0.6 is 0 Å². The largest absolute Gasteiger partial charge is 0.466 e. The molecule has 2 heterocycles. The van der Waals surface area contributed by atoms with E-state index in [1.807, 2.05) is 22.8 Å². The van der Waals surface area contributed by atoms with E-state index in [2.05, 4.69) is 17.6 Å². The molecule has 22 heavy (non-hydrogen) atoms. The third-order valence-electron chi connectivity index (χ3n) is 3.98. The second-order valence-corrected chi connectivity index (χ2v) is 5.49. The fraction of sp³-hybridized carbons (Fsp3) is 0.353. The van der Waals surface area contributed by atoms with Gasteiger partial charge in [-0.1, -0.05) is 25.5 Å². The van der Waals surface area contributed by atoms with Crippen LogP contribution in [0.5, 0.6) is 0 Å². The number of aryl methyl sites for hydroxylation is 1. The molecule has 1 aromatic carbocycles. The van der Waals surface area contributed by atoms with Gasteiger partial charge in [-0.25, -0.2) is 9.13 Å². The summed E-state index contributed by atoms with van der Waals surface area (Å²) in [7, 11) is 0. The summed E-state index contributed by atoms with van der Waals surface area (Å²) < 4.78 is 9.36. The molecule has 3 N–H and O–H groups in total.